The van der Waals surface area contributed by atoms with Crippen LogP contribution in [0.25, 0.3) is 0 Å². The van der Waals surface area contributed by atoms with Crippen molar-refractivity contribution in [1.82, 2.24) is 25.2 Å². The molecule has 0 aliphatic heterocycles. The number of aromatic nitrogens is 4. The van der Waals surface area contributed by atoms with E-state index in [1.165, 1.54) is 6.39 Å². The lowest BCUT2D eigenvalue weighted by Gasteiger charge is -2.05. The van der Waals surface area contributed by atoms with Crippen molar-refractivity contribution in [3.05, 3.63) is 23.6 Å². The van der Waals surface area contributed by atoms with Crippen molar-refractivity contribution in [2.75, 3.05) is 5.73 Å². The van der Waals surface area contributed by atoms with Crippen LogP contribution in [0.2, 0.25) is 0 Å². The van der Waals surface area contributed by atoms with E-state index in [9.17, 15) is 4.79 Å². The second kappa shape index (κ2) is 4.86. The summed E-state index contributed by atoms with van der Waals surface area (Å²) in [7, 11) is 0. The highest BCUT2D eigenvalue weighted by molar-refractivity contribution is 5.97. The monoisotopic (exact) mass is 250 g/mol. The Kier molecular flexibility index (Phi) is 3.26. The normalized spacial score (nSPS) is 10.6. The van der Waals surface area contributed by atoms with Crippen molar-refractivity contribution < 1.29 is 9.32 Å². The number of amides is 1. The third-order valence-corrected chi connectivity index (χ3v) is 2.50. The topological polar surface area (TPSA) is 112 Å². The molecule has 0 atom stereocenters. The van der Waals surface area contributed by atoms with Crippen LogP contribution in [0.15, 0.2) is 10.9 Å². The fraction of sp³-hybridized carbons (Fsp3) is 0.400. The Morgan fingerprint density at radius 2 is 2.39 bits per heavy atom. The molecule has 18 heavy (non-hydrogen) atoms. The van der Waals surface area contributed by atoms with Crippen molar-refractivity contribution >= 4 is 11.6 Å². The Bertz CT molecular complexity index is 545. The summed E-state index contributed by atoms with van der Waals surface area (Å²) in [5, 5.41) is 10.4. The minimum Gasteiger partial charge on any atom is -0.395 e. The average Bonchev–Trinajstić information content (AvgIpc) is 2.96. The maximum atomic E-state index is 12.0. The van der Waals surface area contributed by atoms with Crippen LogP contribution in [0.4, 0.5) is 5.69 Å². The third kappa shape index (κ3) is 2.17. The van der Waals surface area contributed by atoms with E-state index in [2.05, 4.69) is 25.1 Å². The Morgan fingerprint density at radius 3 is 3.00 bits per heavy atom. The van der Waals surface area contributed by atoms with E-state index < -0.39 is 0 Å². The highest BCUT2D eigenvalue weighted by Crippen LogP contribution is 2.16. The number of carbonyl (C=O) groups is 1. The van der Waals surface area contributed by atoms with Gasteiger partial charge in [0.25, 0.3) is 5.91 Å². The maximum absolute atomic E-state index is 12.0. The number of anilines is 1. The summed E-state index contributed by atoms with van der Waals surface area (Å²) < 4.78 is 6.14. The van der Waals surface area contributed by atoms with Crippen molar-refractivity contribution in [1.29, 1.82) is 0 Å². The number of hydrogen-bond acceptors (Lipinski definition) is 6. The van der Waals surface area contributed by atoms with E-state index in [1.54, 1.807) is 11.6 Å². The van der Waals surface area contributed by atoms with Gasteiger partial charge in [0.1, 0.15) is 5.69 Å². The summed E-state index contributed by atoms with van der Waals surface area (Å²) in [5.41, 5.74) is 7.23. The first-order valence-electron chi connectivity index (χ1n) is 5.49. The molecule has 2 aromatic heterocycles. The van der Waals surface area contributed by atoms with Gasteiger partial charge in [0.15, 0.2) is 5.82 Å². The van der Waals surface area contributed by atoms with E-state index in [0.717, 1.165) is 0 Å². The summed E-state index contributed by atoms with van der Waals surface area (Å²) in [6.45, 7) is 4.41. The first-order valence-corrected chi connectivity index (χ1v) is 5.49. The molecule has 0 saturated carbocycles. The van der Waals surface area contributed by atoms with Gasteiger partial charge in [-0.15, -0.1) is 0 Å². The van der Waals surface area contributed by atoms with Gasteiger partial charge < -0.3 is 15.6 Å². The molecule has 0 bridgehead atoms. The van der Waals surface area contributed by atoms with Gasteiger partial charge in [-0.1, -0.05) is 5.16 Å². The molecular formula is C10H14N6O2. The molecule has 0 aromatic carbocycles. The predicted molar refractivity (Wildman–Crippen MR) is 62.5 cm³/mol. The number of carbonyl (C=O) groups excluding carboxylic acids is 1. The summed E-state index contributed by atoms with van der Waals surface area (Å²) in [5.74, 6) is 0.0981. The predicted octanol–water partition coefficient (Wildman–Crippen LogP) is 0.107. The number of nitrogen functional groups attached to an aromatic ring is 1. The van der Waals surface area contributed by atoms with Gasteiger partial charge in [0.2, 0.25) is 6.39 Å². The Hall–Kier alpha value is -2.38. The van der Waals surface area contributed by atoms with E-state index in [4.69, 9.17) is 5.73 Å². The summed E-state index contributed by atoms with van der Waals surface area (Å²) >= 11 is 0. The standard InChI is InChI=1S/C10H14N6O2/c1-3-16-9(8(11)6(2)14-16)10(17)12-4-7-13-5-18-15-7/h5H,3-4,11H2,1-2H3,(H,12,17). The van der Waals surface area contributed by atoms with Crippen LogP contribution in [0, 0.1) is 6.92 Å². The van der Waals surface area contributed by atoms with Crippen LogP contribution < -0.4 is 11.1 Å². The average molecular weight is 250 g/mol. The van der Waals surface area contributed by atoms with Crippen LogP contribution in [0.5, 0.6) is 0 Å². The van der Waals surface area contributed by atoms with E-state index in [1.807, 2.05) is 6.92 Å². The second-order valence-corrected chi connectivity index (χ2v) is 3.69. The van der Waals surface area contributed by atoms with Gasteiger partial charge in [-0.3, -0.25) is 9.48 Å². The maximum Gasteiger partial charge on any atom is 0.272 e. The summed E-state index contributed by atoms with van der Waals surface area (Å²) in [6.07, 6.45) is 1.20. The lowest BCUT2D eigenvalue weighted by atomic mass is 10.3. The number of rotatable bonds is 4. The molecule has 0 aliphatic rings. The zero-order valence-electron chi connectivity index (χ0n) is 10.2. The van der Waals surface area contributed by atoms with Gasteiger partial charge in [-0.25, -0.2) is 0 Å². The molecule has 3 N–H and O–H groups in total. The van der Waals surface area contributed by atoms with Crippen LogP contribution in [0.1, 0.15) is 28.9 Å². The Labute approximate surface area is 103 Å². The minimum atomic E-state index is -0.306. The summed E-state index contributed by atoms with van der Waals surface area (Å²) in [6, 6.07) is 0. The molecule has 96 valence electrons. The molecule has 2 rings (SSSR count). The lowest BCUT2D eigenvalue weighted by Crippen LogP contribution is -2.27. The van der Waals surface area contributed by atoms with Gasteiger partial charge in [0, 0.05) is 6.54 Å². The van der Waals surface area contributed by atoms with Crippen LogP contribution >= 0.6 is 0 Å². The fourth-order valence-electron chi connectivity index (χ4n) is 1.58. The molecule has 8 nitrogen and oxygen atoms in total. The first kappa shape index (κ1) is 12.1. The minimum absolute atomic E-state index is 0.183. The molecule has 8 heteroatoms. The number of nitrogens with one attached hydrogen (secondary N) is 1. The molecule has 0 unspecified atom stereocenters. The quantitative estimate of drug-likeness (QED) is 0.796. The number of hydrogen-bond donors (Lipinski definition) is 2. The van der Waals surface area contributed by atoms with Crippen molar-refractivity contribution in [2.24, 2.45) is 0 Å². The third-order valence-electron chi connectivity index (χ3n) is 2.50. The van der Waals surface area contributed by atoms with Crippen LogP contribution in [-0.2, 0) is 13.1 Å². The Balaban J connectivity index is 2.13. The molecule has 0 spiro atoms. The molecule has 0 aliphatic carbocycles. The van der Waals surface area contributed by atoms with Crippen LogP contribution in [0.3, 0.4) is 0 Å². The largest absolute Gasteiger partial charge is 0.395 e. The molecule has 2 aromatic rings. The Morgan fingerprint density at radius 1 is 1.61 bits per heavy atom. The molecule has 0 fully saturated rings. The number of nitrogens with two attached hydrogens (primary N) is 1. The van der Waals surface area contributed by atoms with Crippen LogP contribution in [-0.4, -0.2) is 25.8 Å². The molecular weight excluding hydrogens is 236 g/mol. The highest BCUT2D eigenvalue weighted by Gasteiger charge is 2.19. The van der Waals surface area contributed by atoms with Crippen molar-refractivity contribution in [2.45, 2.75) is 26.9 Å². The van der Waals surface area contributed by atoms with Gasteiger partial charge in [-0.2, -0.15) is 10.1 Å². The molecule has 0 saturated heterocycles. The molecule has 1 amide bonds. The van der Waals surface area contributed by atoms with Crippen molar-refractivity contribution in [3.63, 3.8) is 0 Å². The van der Waals surface area contributed by atoms with Gasteiger partial charge in [-0.05, 0) is 13.8 Å². The van der Waals surface area contributed by atoms with Crippen molar-refractivity contribution in [3.8, 4) is 0 Å². The fourth-order valence-corrected chi connectivity index (χ4v) is 1.58. The highest BCUT2D eigenvalue weighted by atomic mass is 16.5. The van der Waals surface area contributed by atoms with Gasteiger partial charge in [0.05, 0.1) is 17.9 Å². The molecule has 0 radical (unpaired) electrons. The summed E-state index contributed by atoms with van der Waals surface area (Å²) in [4.78, 5) is 15.8. The second-order valence-electron chi connectivity index (χ2n) is 3.69. The smallest absolute Gasteiger partial charge is 0.272 e. The molecule has 2 heterocycles. The SMILES string of the molecule is CCn1nc(C)c(N)c1C(=O)NCc1ncon1. The number of aryl methyl sites for hydroxylation is 2. The zero-order chi connectivity index (χ0) is 13.1. The lowest BCUT2D eigenvalue weighted by molar-refractivity contribution is 0.0940. The van der Waals surface area contributed by atoms with E-state index in [0.29, 0.717) is 29.4 Å². The van der Waals surface area contributed by atoms with Gasteiger partial charge >= 0.3 is 0 Å². The van der Waals surface area contributed by atoms with E-state index in [-0.39, 0.29) is 12.5 Å². The van der Waals surface area contributed by atoms with E-state index >= 15 is 0 Å². The first-order chi connectivity index (χ1) is 8.63. The zero-order valence-corrected chi connectivity index (χ0v) is 10.2. The number of nitrogens with zero attached hydrogens (tertiary/aromatic N) is 4.